The number of benzene rings is 2. The molecule has 1 aliphatic carbocycles. The van der Waals surface area contributed by atoms with Crippen LogP contribution in [-0.4, -0.2) is 47.6 Å². The summed E-state index contributed by atoms with van der Waals surface area (Å²) in [5.41, 5.74) is 2.06. The first-order valence-corrected chi connectivity index (χ1v) is 11.4. The number of alkyl halides is 3. The molecule has 3 aliphatic heterocycles. The maximum absolute atomic E-state index is 13.3. The molecule has 4 atom stereocenters. The average molecular weight is 485 g/mol. The Morgan fingerprint density at radius 2 is 1.94 bits per heavy atom. The van der Waals surface area contributed by atoms with Crippen molar-refractivity contribution in [2.45, 2.75) is 43.3 Å². The Bertz CT molecular complexity index is 1250. The van der Waals surface area contributed by atoms with E-state index in [0.29, 0.717) is 18.0 Å². The fourth-order valence-corrected chi connectivity index (χ4v) is 5.71. The van der Waals surface area contributed by atoms with E-state index in [2.05, 4.69) is 4.90 Å². The molecule has 0 amide bonds. The molecular weight excluding hydrogens is 463 g/mol. The Morgan fingerprint density at radius 3 is 2.74 bits per heavy atom. The van der Waals surface area contributed by atoms with E-state index in [1.807, 2.05) is 12.1 Å². The third kappa shape index (κ3) is 3.79. The van der Waals surface area contributed by atoms with Gasteiger partial charge < -0.3 is 19.3 Å². The molecule has 0 aromatic heterocycles. The Labute approximate surface area is 199 Å². The first kappa shape index (κ1) is 22.2. The number of hydrogen-bond acceptors (Lipinski definition) is 6. The van der Waals surface area contributed by atoms with E-state index in [1.165, 1.54) is 18.2 Å². The van der Waals surface area contributed by atoms with Crippen molar-refractivity contribution in [3.8, 4) is 11.5 Å². The van der Waals surface area contributed by atoms with Crippen LogP contribution in [0.15, 0.2) is 54.1 Å². The van der Waals surface area contributed by atoms with E-state index in [0.717, 1.165) is 47.9 Å². The molecule has 0 bridgehead atoms. The minimum Gasteiger partial charge on any atom is -0.455 e. The van der Waals surface area contributed by atoms with Gasteiger partial charge in [-0.2, -0.15) is 13.2 Å². The van der Waals surface area contributed by atoms with E-state index >= 15 is 0 Å². The lowest BCUT2D eigenvalue weighted by Crippen LogP contribution is -2.51. The van der Waals surface area contributed by atoms with Gasteiger partial charge >= 0.3 is 12.1 Å². The highest BCUT2D eigenvalue weighted by Crippen LogP contribution is 2.50. The predicted molar refractivity (Wildman–Crippen MR) is 119 cm³/mol. The SMILES string of the molecule is O=C(/C=C/c1ccccc1C(F)(F)F)O[C@@H]1C(O)C=C2CCN3Cc4cc5c(cc4C1C23)OCO5. The second kappa shape index (κ2) is 8.13. The second-order valence-electron chi connectivity index (χ2n) is 9.15. The van der Waals surface area contributed by atoms with Crippen LogP contribution in [0, 0.1) is 0 Å². The van der Waals surface area contributed by atoms with Crippen molar-refractivity contribution >= 4 is 12.0 Å². The lowest BCUT2D eigenvalue weighted by Gasteiger charge is -2.45. The molecule has 0 radical (unpaired) electrons. The summed E-state index contributed by atoms with van der Waals surface area (Å²) in [6, 6.07) is 8.80. The molecule has 2 aromatic rings. The molecule has 1 fully saturated rings. The number of fused-ring (bicyclic) bond motifs is 3. The number of ether oxygens (including phenoxy) is 3. The Hall–Kier alpha value is -3.30. The van der Waals surface area contributed by atoms with Crippen LogP contribution in [0.25, 0.3) is 6.08 Å². The molecule has 4 aliphatic rings. The molecule has 182 valence electrons. The number of nitrogens with zero attached hydrogens (tertiary/aromatic N) is 1. The Balaban J connectivity index is 1.31. The van der Waals surface area contributed by atoms with Crippen LogP contribution < -0.4 is 9.47 Å². The molecule has 3 unspecified atom stereocenters. The third-order valence-electron chi connectivity index (χ3n) is 7.16. The Morgan fingerprint density at radius 1 is 1.17 bits per heavy atom. The smallest absolute Gasteiger partial charge is 0.416 e. The topological polar surface area (TPSA) is 68.2 Å². The van der Waals surface area contributed by atoms with Crippen molar-refractivity contribution in [2.75, 3.05) is 13.3 Å². The number of halogens is 3. The number of aliphatic hydroxyl groups is 1. The molecule has 1 saturated heterocycles. The summed E-state index contributed by atoms with van der Waals surface area (Å²) in [6.07, 6.45) is -1.85. The highest BCUT2D eigenvalue weighted by molar-refractivity contribution is 5.87. The quantitative estimate of drug-likeness (QED) is 0.402. The van der Waals surface area contributed by atoms with Crippen LogP contribution in [0.3, 0.4) is 0 Å². The van der Waals surface area contributed by atoms with Gasteiger partial charge in [0.1, 0.15) is 12.2 Å². The van der Waals surface area contributed by atoms with Crippen molar-refractivity contribution in [2.24, 2.45) is 0 Å². The molecule has 0 saturated carbocycles. The van der Waals surface area contributed by atoms with Crippen LogP contribution in [-0.2, 0) is 22.3 Å². The number of esters is 1. The van der Waals surface area contributed by atoms with Crippen molar-refractivity contribution in [3.63, 3.8) is 0 Å². The normalized spacial score (nSPS) is 26.9. The summed E-state index contributed by atoms with van der Waals surface area (Å²) in [4.78, 5) is 15.1. The van der Waals surface area contributed by atoms with E-state index in [1.54, 1.807) is 6.08 Å². The van der Waals surface area contributed by atoms with Crippen molar-refractivity contribution < 1.29 is 37.3 Å². The zero-order valence-corrected chi connectivity index (χ0v) is 18.5. The monoisotopic (exact) mass is 485 g/mol. The van der Waals surface area contributed by atoms with Crippen LogP contribution in [0.2, 0.25) is 0 Å². The minimum atomic E-state index is -4.55. The zero-order valence-electron chi connectivity index (χ0n) is 18.5. The van der Waals surface area contributed by atoms with Crippen molar-refractivity contribution in [1.82, 2.24) is 4.90 Å². The summed E-state index contributed by atoms with van der Waals surface area (Å²) in [7, 11) is 0. The van der Waals surface area contributed by atoms with Crippen LogP contribution in [0.5, 0.6) is 11.5 Å². The van der Waals surface area contributed by atoms with Gasteiger partial charge in [-0.15, -0.1) is 0 Å². The largest absolute Gasteiger partial charge is 0.455 e. The maximum atomic E-state index is 13.3. The number of aliphatic hydroxyl groups excluding tert-OH is 1. The molecule has 1 N–H and O–H groups in total. The number of carbonyl (C=O) groups excluding carboxylic acids is 1. The molecule has 2 aromatic carbocycles. The third-order valence-corrected chi connectivity index (χ3v) is 7.16. The lowest BCUT2D eigenvalue weighted by atomic mass is 9.73. The number of carbonyl (C=O) groups is 1. The van der Waals surface area contributed by atoms with Gasteiger partial charge in [0.15, 0.2) is 11.5 Å². The summed E-state index contributed by atoms with van der Waals surface area (Å²) in [5.74, 6) is 0.105. The average Bonchev–Trinajstić information content (AvgIpc) is 3.44. The zero-order chi connectivity index (χ0) is 24.3. The van der Waals surface area contributed by atoms with Crippen LogP contribution >= 0.6 is 0 Å². The molecule has 6 rings (SSSR count). The van der Waals surface area contributed by atoms with Crippen molar-refractivity contribution in [1.29, 1.82) is 0 Å². The summed E-state index contributed by atoms with van der Waals surface area (Å²) in [6.45, 7) is 1.66. The molecule has 9 heteroatoms. The van der Waals surface area contributed by atoms with Gasteiger partial charge in [0.25, 0.3) is 0 Å². The molecule has 0 spiro atoms. The Kier molecular flexibility index (Phi) is 5.16. The van der Waals surface area contributed by atoms with E-state index in [-0.39, 0.29) is 24.3 Å². The van der Waals surface area contributed by atoms with E-state index in [4.69, 9.17) is 14.2 Å². The molecule has 6 nitrogen and oxygen atoms in total. The number of hydrogen-bond donors (Lipinski definition) is 1. The maximum Gasteiger partial charge on any atom is 0.416 e. The van der Waals surface area contributed by atoms with Gasteiger partial charge in [-0.05, 0) is 47.4 Å². The van der Waals surface area contributed by atoms with Gasteiger partial charge in [0.2, 0.25) is 6.79 Å². The van der Waals surface area contributed by atoms with Crippen molar-refractivity contribution in [3.05, 3.63) is 76.4 Å². The van der Waals surface area contributed by atoms with Gasteiger partial charge in [0, 0.05) is 31.1 Å². The molecule has 35 heavy (non-hydrogen) atoms. The van der Waals surface area contributed by atoms with Gasteiger partial charge in [-0.25, -0.2) is 4.79 Å². The van der Waals surface area contributed by atoms with E-state index < -0.39 is 29.9 Å². The second-order valence-corrected chi connectivity index (χ2v) is 9.15. The summed E-state index contributed by atoms with van der Waals surface area (Å²) in [5, 5.41) is 10.9. The minimum absolute atomic E-state index is 0.0287. The lowest BCUT2D eigenvalue weighted by molar-refractivity contribution is -0.151. The number of rotatable bonds is 3. The first-order chi connectivity index (χ1) is 16.8. The van der Waals surface area contributed by atoms with Gasteiger partial charge in [-0.3, -0.25) is 4.90 Å². The van der Waals surface area contributed by atoms with Crippen LogP contribution in [0.1, 0.15) is 34.6 Å². The summed E-state index contributed by atoms with van der Waals surface area (Å²) >= 11 is 0. The molecule has 3 heterocycles. The first-order valence-electron chi connectivity index (χ1n) is 11.4. The highest BCUT2D eigenvalue weighted by Gasteiger charge is 2.50. The highest BCUT2D eigenvalue weighted by atomic mass is 19.4. The van der Waals surface area contributed by atoms with Crippen LogP contribution in [0.4, 0.5) is 13.2 Å². The fourth-order valence-electron chi connectivity index (χ4n) is 5.71. The van der Waals surface area contributed by atoms with E-state index in [9.17, 15) is 23.1 Å². The van der Waals surface area contributed by atoms with Gasteiger partial charge in [-0.1, -0.05) is 29.8 Å². The van der Waals surface area contributed by atoms with Gasteiger partial charge in [0.05, 0.1) is 5.56 Å². The fraction of sp³-hybridized carbons (Fsp3) is 0.346. The summed E-state index contributed by atoms with van der Waals surface area (Å²) < 4.78 is 56.7. The standard InChI is InChI=1S/C26H22F3NO5/c27-26(28,29)18-4-2-1-3-14(18)5-6-22(32)35-25-19(31)9-15-7-8-30-12-16-10-20-21(34-13-33-20)11-17(16)23(25)24(15)30/h1-6,9-11,19,23-25,31H,7-8,12-13H2/b6-5+/t19?,23?,24?,25-/m1/s1. The molecular formula is C26H22F3NO5. The predicted octanol–water partition coefficient (Wildman–Crippen LogP) is 4.03.